The number of carbonyl (C=O) groups excluding carboxylic acids is 1. The van der Waals surface area contributed by atoms with Crippen LogP contribution >= 0.6 is 0 Å². The molecule has 2 saturated heterocycles. The van der Waals surface area contributed by atoms with Crippen LogP contribution in [0.5, 0.6) is 0 Å². The molecule has 2 aliphatic carbocycles. The van der Waals surface area contributed by atoms with Crippen molar-refractivity contribution in [2.45, 2.75) is 64.6 Å². The number of carbonyl (C=O) groups is 1. The van der Waals surface area contributed by atoms with Crippen molar-refractivity contribution < 1.29 is 9.53 Å². The van der Waals surface area contributed by atoms with Gasteiger partial charge in [-0.15, -0.1) is 0 Å². The third-order valence-electron chi connectivity index (χ3n) is 5.71. The van der Waals surface area contributed by atoms with Crippen LogP contribution in [-0.4, -0.2) is 17.0 Å². The van der Waals surface area contributed by atoms with E-state index < -0.39 is 0 Å². The second-order valence-electron chi connectivity index (χ2n) is 7.28. The van der Waals surface area contributed by atoms with E-state index in [0.717, 1.165) is 12.8 Å². The average Bonchev–Trinajstić information content (AvgIpc) is 2.36. The van der Waals surface area contributed by atoms with Gasteiger partial charge in [0.25, 0.3) is 0 Å². The number of fused-ring (bicyclic) bond motifs is 2. The molecule has 0 N–H and O–H groups in total. The van der Waals surface area contributed by atoms with Crippen molar-refractivity contribution in [3.05, 3.63) is 0 Å². The summed E-state index contributed by atoms with van der Waals surface area (Å²) < 4.78 is 6.40. The summed E-state index contributed by atoms with van der Waals surface area (Å²) in [7, 11) is 0. The molecule has 5 atom stereocenters. The topological polar surface area (TPSA) is 26.3 Å². The Morgan fingerprint density at radius 2 is 2.00 bits per heavy atom. The number of ketones is 1. The molecule has 2 nitrogen and oxygen atoms in total. The highest BCUT2D eigenvalue weighted by molar-refractivity contribution is 5.85. The molecule has 0 amide bonds. The third kappa shape index (κ3) is 1.53. The van der Waals surface area contributed by atoms with E-state index >= 15 is 0 Å². The van der Waals surface area contributed by atoms with Gasteiger partial charge in [0.2, 0.25) is 0 Å². The van der Waals surface area contributed by atoms with Crippen molar-refractivity contribution in [1.29, 1.82) is 0 Å². The predicted molar refractivity (Wildman–Crippen MR) is 66.7 cm³/mol. The molecule has 2 heteroatoms. The monoisotopic (exact) mass is 236 g/mol. The minimum absolute atomic E-state index is 0.0443. The van der Waals surface area contributed by atoms with E-state index in [-0.39, 0.29) is 17.1 Å². The zero-order valence-electron chi connectivity index (χ0n) is 11.5. The molecule has 4 rings (SSSR count). The SMILES string of the molecule is C[C@@H]1CC(=O)[C@@H]2[C@@H]1C[C@H]1CC[C@]2(C)OC1(C)C. The largest absolute Gasteiger partial charge is 0.368 e. The van der Waals surface area contributed by atoms with E-state index in [0.29, 0.717) is 23.5 Å². The number of Topliss-reactive ketones (excluding diaryl/α,β-unsaturated/α-hetero) is 1. The number of hydrogen-bond donors (Lipinski definition) is 0. The van der Waals surface area contributed by atoms with Crippen LogP contribution in [0.1, 0.15) is 53.4 Å². The van der Waals surface area contributed by atoms with E-state index in [4.69, 9.17) is 4.74 Å². The molecule has 4 fully saturated rings. The van der Waals surface area contributed by atoms with Gasteiger partial charge in [-0.25, -0.2) is 0 Å². The molecular formula is C15H24O2. The van der Waals surface area contributed by atoms with Crippen LogP contribution in [0.25, 0.3) is 0 Å². The van der Waals surface area contributed by atoms with Gasteiger partial charge in [-0.2, -0.15) is 0 Å². The molecule has 0 aromatic heterocycles. The summed E-state index contributed by atoms with van der Waals surface area (Å²) >= 11 is 0. The van der Waals surface area contributed by atoms with Gasteiger partial charge in [-0.3, -0.25) is 4.79 Å². The van der Waals surface area contributed by atoms with E-state index in [1.54, 1.807) is 0 Å². The van der Waals surface area contributed by atoms with Crippen LogP contribution in [0.3, 0.4) is 0 Å². The van der Waals surface area contributed by atoms with Crippen molar-refractivity contribution in [3.8, 4) is 0 Å². The van der Waals surface area contributed by atoms with Crippen molar-refractivity contribution in [3.63, 3.8) is 0 Å². The highest BCUT2D eigenvalue weighted by atomic mass is 16.5. The van der Waals surface area contributed by atoms with Crippen molar-refractivity contribution in [2.75, 3.05) is 0 Å². The maximum Gasteiger partial charge on any atom is 0.139 e. The second kappa shape index (κ2) is 3.34. The summed E-state index contributed by atoms with van der Waals surface area (Å²) in [5, 5.41) is 0. The van der Waals surface area contributed by atoms with E-state index in [1.165, 1.54) is 12.8 Å². The molecule has 4 aliphatic rings. The van der Waals surface area contributed by atoms with E-state index in [1.807, 2.05) is 0 Å². The first-order valence-electron chi connectivity index (χ1n) is 7.06. The van der Waals surface area contributed by atoms with Crippen LogP contribution in [0, 0.1) is 23.7 Å². The third-order valence-corrected chi connectivity index (χ3v) is 5.71. The van der Waals surface area contributed by atoms with E-state index in [9.17, 15) is 4.79 Å². The zero-order chi connectivity index (χ0) is 12.4. The van der Waals surface area contributed by atoms with Gasteiger partial charge in [0, 0.05) is 12.3 Å². The summed E-state index contributed by atoms with van der Waals surface area (Å²) in [6.07, 6.45) is 4.28. The molecule has 0 spiro atoms. The van der Waals surface area contributed by atoms with Gasteiger partial charge < -0.3 is 4.74 Å². The summed E-state index contributed by atoms with van der Waals surface area (Å²) in [4.78, 5) is 12.3. The molecule has 2 heterocycles. The van der Waals surface area contributed by atoms with Gasteiger partial charge in [-0.1, -0.05) is 6.92 Å². The molecule has 0 aromatic carbocycles. The maximum atomic E-state index is 12.3. The fraction of sp³-hybridized carbons (Fsp3) is 0.933. The number of ether oxygens (including phenoxy) is 1. The van der Waals surface area contributed by atoms with Gasteiger partial charge in [0.05, 0.1) is 11.2 Å². The van der Waals surface area contributed by atoms with Crippen LogP contribution in [0.15, 0.2) is 0 Å². The highest BCUT2D eigenvalue weighted by Gasteiger charge is 2.59. The maximum absolute atomic E-state index is 12.3. The standard InChI is InChI=1S/C15H24O2/c1-9-7-12(16)13-11(9)8-10-5-6-15(13,4)17-14(10,2)3/h9-11,13H,5-8H2,1-4H3/t9-,10-,11-,13+,15+/m1/s1. The zero-order valence-corrected chi connectivity index (χ0v) is 11.5. The smallest absolute Gasteiger partial charge is 0.139 e. The second-order valence-corrected chi connectivity index (χ2v) is 7.28. The normalized spacial score (nSPS) is 52.4. The van der Waals surface area contributed by atoms with Crippen molar-refractivity contribution in [1.82, 2.24) is 0 Å². The molecule has 2 aliphatic heterocycles. The number of hydrogen-bond acceptors (Lipinski definition) is 2. The Kier molecular flexibility index (Phi) is 2.30. The Balaban J connectivity index is 2.04. The summed E-state index contributed by atoms with van der Waals surface area (Å²) in [5.41, 5.74) is -0.236. The quantitative estimate of drug-likeness (QED) is 0.645. The Hall–Kier alpha value is -0.370. The van der Waals surface area contributed by atoms with Gasteiger partial charge in [-0.05, 0) is 57.8 Å². The van der Waals surface area contributed by atoms with Crippen LogP contribution in [0.2, 0.25) is 0 Å². The lowest BCUT2D eigenvalue weighted by atomic mass is 9.78. The fourth-order valence-electron chi connectivity index (χ4n) is 4.82. The minimum Gasteiger partial charge on any atom is -0.368 e. The van der Waals surface area contributed by atoms with Crippen molar-refractivity contribution >= 4 is 5.78 Å². The molecule has 96 valence electrons. The Morgan fingerprint density at radius 3 is 2.65 bits per heavy atom. The van der Waals surface area contributed by atoms with Crippen LogP contribution < -0.4 is 0 Å². The first kappa shape index (κ1) is 11.7. The minimum atomic E-state index is -0.191. The van der Waals surface area contributed by atoms with Crippen LogP contribution in [0.4, 0.5) is 0 Å². The summed E-state index contributed by atoms with van der Waals surface area (Å²) in [5.74, 6) is 2.40. The number of rotatable bonds is 0. The lowest BCUT2D eigenvalue weighted by Crippen LogP contribution is -2.51. The Bertz CT molecular complexity index is 360. The van der Waals surface area contributed by atoms with Gasteiger partial charge >= 0.3 is 0 Å². The van der Waals surface area contributed by atoms with E-state index in [2.05, 4.69) is 27.7 Å². The molecular weight excluding hydrogens is 212 g/mol. The van der Waals surface area contributed by atoms with Gasteiger partial charge in [0.15, 0.2) is 0 Å². The first-order chi connectivity index (χ1) is 7.83. The molecule has 2 saturated carbocycles. The molecule has 0 aromatic rings. The molecule has 17 heavy (non-hydrogen) atoms. The Labute approximate surface area is 104 Å². The van der Waals surface area contributed by atoms with Crippen molar-refractivity contribution in [2.24, 2.45) is 23.7 Å². The van der Waals surface area contributed by atoms with Crippen LogP contribution in [-0.2, 0) is 9.53 Å². The lowest BCUT2D eigenvalue weighted by molar-refractivity contribution is -0.199. The Morgan fingerprint density at radius 1 is 1.29 bits per heavy atom. The first-order valence-corrected chi connectivity index (χ1v) is 7.06. The average molecular weight is 236 g/mol. The molecule has 2 bridgehead atoms. The molecule has 0 radical (unpaired) electrons. The lowest BCUT2D eigenvalue weighted by Gasteiger charge is -2.47. The fourth-order valence-corrected chi connectivity index (χ4v) is 4.82. The summed E-state index contributed by atoms with van der Waals surface area (Å²) in [6.45, 7) is 8.87. The predicted octanol–water partition coefficient (Wildman–Crippen LogP) is 3.20. The van der Waals surface area contributed by atoms with Gasteiger partial charge in [0.1, 0.15) is 5.78 Å². The summed E-state index contributed by atoms with van der Waals surface area (Å²) in [6, 6.07) is 0. The highest BCUT2D eigenvalue weighted by Crippen LogP contribution is 2.57. The molecule has 0 unspecified atom stereocenters.